The Kier molecular flexibility index (Phi) is 5.60. The smallest absolute Gasteiger partial charge is 0.231 e. The van der Waals surface area contributed by atoms with E-state index in [1.165, 1.54) is 33.1 Å². The molecule has 5 aromatic carbocycles. The first-order valence-electron chi connectivity index (χ1n) is 15.1. The summed E-state index contributed by atoms with van der Waals surface area (Å²) in [4.78, 5) is 10.1. The lowest BCUT2D eigenvalue weighted by Crippen LogP contribution is -1.98. The SMILES string of the molecule is C1=CCCC(n2c3ccccc3c3c(-c4ccc5oc6nc(-c7ccccc7)nc(-c7ccccc7)c6c5c4)cccc32)=C1. The third-order valence-corrected chi connectivity index (χ3v) is 8.70. The summed E-state index contributed by atoms with van der Waals surface area (Å²) in [7, 11) is 0. The highest BCUT2D eigenvalue weighted by atomic mass is 16.3. The van der Waals surface area contributed by atoms with Crippen LogP contribution in [-0.2, 0) is 0 Å². The molecule has 1 aliphatic rings. The van der Waals surface area contributed by atoms with Gasteiger partial charge in [-0.05, 0) is 54.3 Å². The number of allylic oxidation sites excluding steroid dienone is 4. The number of aromatic nitrogens is 3. The van der Waals surface area contributed by atoms with E-state index in [2.05, 4.69) is 95.6 Å². The molecule has 9 rings (SSSR count). The zero-order chi connectivity index (χ0) is 29.0. The van der Waals surface area contributed by atoms with Crippen molar-refractivity contribution in [3.8, 4) is 33.8 Å². The van der Waals surface area contributed by atoms with Crippen molar-refractivity contribution in [2.75, 3.05) is 0 Å². The number of para-hydroxylation sites is 1. The van der Waals surface area contributed by atoms with Crippen LogP contribution in [0.3, 0.4) is 0 Å². The van der Waals surface area contributed by atoms with Crippen LogP contribution in [0.5, 0.6) is 0 Å². The Labute approximate surface area is 254 Å². The molecule has 0 atom stereocenters. The van der Waals surface area contributed by atoms with E-state index >= 15 is 0 Å². The maximum atomic E-state index is 6.44. The van der Waals surface area contributed by atoms with E-state index in [9.17, 15) is 0 Å². The second-order valence-electron chi connectivity index (χ2n) is 11.3. The molecule has 4 heteroatoms. The maximum Gasteiger partial charge on any atom is 0.231 e. The van der Waals surface area contributed by atoms with Gasteiger partial charge in [-0.2, -0.15) is 4.98 Å². The number of hydrogen-bond donors (Lipinski definition) is 0. The van der Waals surface area contributed by atoms with Crippen LogP contribution < -0.4 is 0 Å². The number of nitrogens with zero attached hydrogens (tertiary/aromatic N) is 3. The normalized spacial score (nSPS) is 13.3. The third kappa shape index (κ3) is 3.85. The molecular formula is C40H27N3O. The summed E-state index contributed by atoms with van der Waals surface area (Å²) >= 11 is 0. The van der Waals surface area contributed by atoms with Crippen molar-refractivity contribution in [1.29, 1.82) is 0 Å². The fourth-order valence-corrected chi connectivity index (χ4v) is 6.71. The summed E-state index contributed by atoms with van der Waals surface area (Å²) in [5.74, 6) is 0.653. The van der Waals surface area contributed by atoms with Crippen molar-refractivity contribution in [3.05, 3.63) is 140 Å². The fraction of sp³-hybridized carbons (Fsp3) is 0.0500. The Balaban J connectivity index is 1.32. The van der Waals surface area contributed by atoms with Gasteiger partial charge in [-0.15, -0.1) is 0 Å². The van der Waals surface area contributed by atoms with Gasteiger partial charge in [-0.25, -0.2) is 4.98 Å². The van der Waals surface area contributed by atoms with E-state index < -0.39 is 0 Å². The minimum absolute atomic E-state index is 0.594. The lowest BCUT2D eigenvalue weighted by molar-refractivity contribution is 0.653. The molecule has 0 N–H and O–H groups in total. The molecule has 0 aliphatic heterocycles. The highest BCUT2D eigenvalue weighted by molar-refractivity contribution is 6.18. The van der Waals surface area contributed by atoms with Gasteiger partial charge in [-0.1, -0.05) is 109 Å². The lowest BCUT2D eigenvalue weighted by atomic mass is 9.97. The van der Waals surface area contributed by atoms with Gasteiger partial charge >= 0.3 is 0 Å². The van der Waals surface area contributed by atoms with E-state index in [1.54, 1.807) is 0 Å². The van der Waals surface area contributed by atoms with Gasteiger partial charge in [0, 0.05) is 33.0 Å². The molecule has 4 nitrogen and oxygen atoms in total. The number of fused-ring (bicyclic) bond motifs is 6. The van der Waals surface area contributed by atoms with Crippen molar-refractivity contribution >= 4 is 49.6 Å². The fourth-order valence-electron chi connectivity index (χ4n) is 6.71. The summed E-state index contributed by atoms with van der Waals surface area (Å²) in [5, 5.41) is 4.46. The summed E-state index contributed by atoms with van der Waals surface area (Å²) in [6, 6.07) is 42.3. The standard InChI is InChI=1S/C40H27N3O/c1-4-13-26(14-5-1)38-37-32-25-28(23-24-35(32)44-40(37)42-39(41-38)27-15-6-2-7-16-27)30-20-12-22-34-36(30)31-19-10-11-21-33(31)43(34)29-17-8-3-9-18-29/h1-8,10-17,19-25H,9,18H2. The number of benzene rings is 5. The maximum absolute atomic E-state index is 6.44. The molecule has 0 fully saturated rings. The molecule has 3 aromatic heterocycles. The average Bonchev–Trinajstić information content (AvgIpc) is 3.64. The van der Waals surface area contributed by atoms with Crippen molar-refractivity contribution in [2.45, 2.75) is 12.8 Å². The van der Waals surface area contributed by atoms with Crippen molar-refractivity contribution in [1.82, 2.24) is 14.5 Å². The Bertz CT molecular complexity index is 2430. The van der Waals surface area contributed by atoms with Crippen LogP contribution in [0.1, 0.15) is 12.8 Å². The molecule has 0 saturated carbocycles. The van der Waals surface area contributed by atoms with Crippen LogP contribution in [0.2, 0.25) is 0 Å². The van der Waals surface area contributed by atoms with Gasteiger partial charge < -0.3 is 8.98 Å². The summed E-state index contributed by atoms with van der Waals surface area (Å²) in [6.45, 7) is 0. The monoisotopic (exact) mass is 565 g/mol. The number of rotatable bonds is 4. The number of furan rings is 1. The quantitative estimate of drug-likeness (QED) is 0.213. The van der Waals surface area contributed by atoms with Gasteiger partial charge in [0.25, 0.3) is 0 Å². The highest BCUT2D eigenvalue weighted by Crippen LogP contribution is 2.42. The second kappa shape index (κ2) is 9.92. The van der Waals surface area contributed by atoms with E-state index in [-0.39, 0.29) is 0 Å². The van der Waals surface area contributed by atoms with E-state index in [1.807, 2.05) is 48.5 Å². The molecule has 0 radical (unpaired) electrons. The predicted octanol–water partition coefficient (Wildman–Crippen LogP) is 10.7. The van der Waals surface area contributed by atoms with Crippen molar-refractivity contribution < 1.29 is 4.42 Å². The van der Waals surface area contributed by atoms with E-state index in [0.29, 0.717) is 11.5 Å². The van der Waals surface area contributed by atoms with Gasteiger partial charge in [0.05, 0.1) is 22.1 Å². The Hall–Kier alpha value is -5.74. The molecule has 0 unspecified atom stereocenters. The van der Waals surface area contributed by atoms with Crippen molar-refractivity contribution in [2.24, 2.45) is 0 Å². The lowest BCUT2D eigenvalue weighted by Gasteiger charge is -2.14. The van der Waals surface area contributed by atoms with Crippen molar-refractivity contribution in [3.63, 3.8) is 0 Å². The van der Waals surface area contributed by atoms with Crippen LogP contribution in [-0.4, -0.2) is 14.5 Å². The Morgan fingerprint density at radius 2 is 1.39 bits per heavy atom. The minimum atomic E-state index is 0.594. The summed E-state index contributed by atoms with van der Waals surface area (Å²) in [6.07, 6.45) is 8.75. The second-order valence-corrected chi connectivity index (χ2v) is 11.3. The molecule has 8 aromatic rings. The largest absolute Gasteiger partial charge is 0.438 e. The Morgan fingerprint density at radius 3 is 2.20 bits per heavy atom. The molecule has 44 heavy (non-hydrogen) atoms. The van der Waals surface area contributed by atoms with Crippen LogP contribution in [0.15, 0.2) is 144 Å². The molecule has 1 aliphatic carbocycles. The van der Waals surface area contributed by atoms with Gasteiger partial charge in [0.1, 0.15) is 5.58 Å². The van der Waals surface area contributed by atoms with Gasteiger partial charge in [0.15, 0.2) is 5.82 Å². The van der Waals surface area contributed by atoms with Crippen LogP contribution >= 0.6 is 0 Å². The van der Waals surface area contributed by atoms with Crippen LogP contribution in [0, 0.1) is 0 Å². The van der Waals surface area contributed by atoms with Crippen LogP contribution in [0.4, 0.5) is 0 Å². The average molecular weight is 566 g/mol. The molecular weight excluding hydrogens is 538 g/mol. The first kappa shape index (κ1) is 24.8. The summed E-state index contributed by atoms with van der Waals surface area (Å²) < 4.78 is 8.88. The summed E-state index contributed by atoms with van der Waals surface area (Å²) in [5.41, 5.74) is 10.4. The minimum Gasteiger partial charge on any atom is -0.438 e. The third-order valence-electron chi connectivity index (χ3n) is 8.70. The molecule has 0 saturated heterocycles. The van der Waals surface area contributed by atoms with E-state index in [0.717, 1.165) is 51.6 Å². The first-order valence-corrected chi connectivity index (χ1v) is 15.1. The molecule has 0 amide bonds. The van der Waals surface area contributed by atoms with Crippen LogP contribution in [0.25, 0.3) is 83.3 Å². The predicted molar refractivity (Wildman–Crippen MR) is 181 cm³/mol. The Morgan fingerprint density at radius 1 is 0.614 bits per heavy atom. The van der Waals surface area contributed by atoms with Gasteiger partial charge in [0.2, 0.25) is 5.71 Å². The first-order chi connectivity index (χ1) is 21.8. The zero-order valence-electron chi connectivity index (χ0n) is 23.9. The highest BCUT2D eigenvalue weighted by Gasteiger charge is 2.21. The van der Waals surface area contributed by atoms with E-state index in [4.69, 9.17) is 14.4 Å². The molecule has 208 valence electrons. The topological polar surface area (TPSA) is 43.9 Å². The molecule has 0 spiro atoms. The van der Waals surface area contributed by atoms with Gasteiger partial charge in [-0.3, -0.25) is 0 Å². The molecule has 3 heterocycles. The number of hydrogen-bond acceptors (Lipinski definition) is 3. The molecule has 0 bridgehead atoms. The zero-order valence-corrected chi connectivity index (χ0v) is 23.9.